The van der Waals surface area contributed by atoms with Crippen molar-refractivity contribution < 1.29 is 14.7 Å². The largest absolute Gasteiger partial charge is 0.451 e. The molecule has 4 heteroatoms. The fraction of sp³-hybridized carbons (Fsp3) is 0.760. The van der Waals surface area contributed by atoms with Gasteiger partial charge in [0, 0.05) is 11.5 Å². The second-order valence-corrected chi connectivity index (χ2v) is 10.7. The number of fused-ring (bicyclic) bond motifs is 6. The quantitative estimate of drug-likeness (QED) is 0.394. The molecule has 0 saturated heterocycles. The van der Waals surface area contributed by atoms with Gasteiger partial charge in [-0.05, 0) is 112 Å². The van der Waals surface area contributed by atoms with Gasteiger partial charge in [-0.15, -0.1) is 0 Å². The monoisotopic (exact) mass is 395 g/mol. The first-order chi connectivity index (χ1) is 14.1. The fourth-order valence-corrected chi connectivity index (χ4v) is 8.83. The molecule has 1 heterocycles. The Morgan fingerprint density at radius 3 is 2.72 bits per heavy atom. The maximum absolute atomic E-state index is 12.1. The van der Waals surface area contributed by atoms with Crippen LogP contribution in [-0.2, 0) is 9.53 Å². The molecular weight excluding hydrogens is 362 g/mol. The van der Waals surface area contributed by atoms with Crippen LogP contribution in [0.15, 0.2) is 29.0 Å². The lowest BCUT2D eigenvalue weighted by molar-refractivity contribution is -0.167. The highest BCUT2D eigenvalue weighted by molar-refractivity contribution is 5.96. The fourth-order valence-electron chi connectivity index (χ4n) is 8.83. The summed E-state index contributed by atoms with van der Waals surface area (Å²) in [6, 6.07) is 0. The van der Waals surface area contributed by atoms with Gasteiger partial charge in [-0.3, -0.25) is 0 Å². The van der Waals surface area contributed by atoms with Crippen molar-refractivity contribution in [2.24, 2.45) is 46.1 Å². The van der Waals surface area contributed by atoms with Crippen LogP contribution in [0.2, 0.25) is 0 Å². The third kappa shape index (κ3) is 2.38. The second kappa shape index (κ2) is 6.21. The number of hydrogen-bond acceptors (Lipinski definition) is 4. The minimum absolute atomic E-state index is 0.128. The van der Waals surface area contributed by atoms with E-state index >= 15 is 0 Å². The third-order valence-electron chi connectivity index (χ3n) is 10.0. The summed E-state index contributed by atoms with van der Waals surface area (Å²) in [5, 5.41) is 12.9. The third-order valence-corrected chi connectivity index (χ3v) is 10.0. The number of allylic oxidation sites excluding steroid dienone is 2. The van der Waals surface area contributed by atoms with Crippen LogP contribution in [0.25, 0.3) is 0 Å². The maximum Gasteiger partial charge on any atom is 0.331 e. The first-order valence-electron chi connectivity index (χ1n) is 11.9. The van der Waals surface area contributed by atoms with E-state index in [9.17, 15) is 10.0 Å². The predicted molar refractivity (Wildman–Crippen MR) is 110 cm³/mol. The van der Waals surface area contributed by atoms with Gasteiger partial charge in [0.25, 0.3) is 0 Å². The minimum Gasteiger partial charge on any atom is -0.451 e. The highest BCUT2D eigenvalue weighted by Crippen LogP contribution is 2.70. The Bertz CT molecular complexity index is 824. The highest BCUT2D eigenvalue weighted by Gasteiger charge is 2.67. The molecule has 4 saturated carbocycles. The number of esters is 1. The Labute approximate surface area is 173 Å². The number of ether oxygens (including phenoxy) is 1. The van der Waals surface area contributed by atoms with Crippen LogP contribution in [0.3, 0.4) is 0 Å². The maximum atomic E-state index is 12.1. The molecule has 4 unspecified atom stereocenters. The van der Waals surface area contributed by atoms with Gasteiger partial charge in [0.15, 0.2) is 0 Å². The summed E-state index contributed by atoms with van der Waals surface area (Å²) in [6.07, 6.45) is 17.9. The van der Waals surface area contributed by atoms with Crippen molar-refractivity contribution >= 4 is 11.7 Å². The highest BCUT2D eigenvalue weighted by atomic mass is 16.6. The van der Waals surface area contributed by atoms with Crippen molar-refractivity contribution in [1.29, 1.82) is 0 Å². The topological polar surface area (TPSA) is 58.9 Å². The standard InChI is InChI=1S/C25H33NO3/c1-2-24-10-7-19-18-6-5-17(26-28)13-16(18)14-20(15-3-4-15)23(19)21(24)8-11-25(24)12-9-22(27)29-25/h9,12-13,15,18-21,23,28H,2-8,10-11,14H2,1H3/t18-,19?,20?,21?,23?,24-,25+/m0/s1. The SMILES string of the molecule is CC[C@]12CCC3C(C(C4CC4)CC4=CC(=NO)CC[C@@H]43)C1CC[C@@]21C=CC(=O)O1. The van der Waals surface area contributed by atoms with Crippen LogP contribution in [0, 0.1) is 40.9 Å². The summed E-state index contributed by atoms with van der Waals surface area (Å²) in [6.45, 7) is 2.34. The van der Waals surface area contributed by atoms with Crippen LogP contribution in [0.1, 0.15) is 71.1 Å². The molecule has 6 rings (SSSR count). The summed E-state index contributed by atoms with van der Waals surface area (Å²) in [7, 11) is 0. The van der Waals surface area contributed by atoms with Crippen molar-refractivity contribution in [1.82, 2.24) is 0 Å². The Hall–Kier alpha value is -1.58. The lowest BCUT2D eigenvalue weighted by Gasteiger charge is -2.59. The van der Waals surface area contributed by atoms with Crippen molar-refractivity contribution in [3.05, 3.63) is 23.8 Å². The van der Waals surface area contributed by atoms with E-state index in [4.69, 9.17) is 4.74 Å². The Morgan fingerprint density at radius 2 is 2.03 bits per heavy atom. The molecule has 1 spiro atoms. The van der Waals surface area contributed by atoms with Crippen molar-refractivity contribution in [3.63, 3.8) is 0 Å². The first-order valence-corrected chi connectivity index (χ1v) is 11.9. The molecule has 0 aromatic rings. The molecule has 29 heavy (non-hydrogen) atoms. The molecule has 6 aliphatic rings. The minimum atomic E-state index is -0.331. The number of carbonyl (C=O) groups is 1. The molecule has 1 aliphatic heterocycles. The molecule has 0 aromatic carbocycles. The van der Waals surface area contributed by atoms with Crippen LogP contribution < -0.4 is 0 Å². The van der Waals surface area contributed by atoms with Gasteiger partial charge in [-0.1, -0.05) is 17.7 Å². The number of rotatable bonds is 2. The van der Waals surface area contributed by atoms with E-state index in [1.54, 1.807) is 11.6 Å². The number of nitrogens with zero attached hydrogens (tertiary/aromatic N) is 1. The smallest absolute Gasteiger partial charge is 0.331 e. The summed E-state index contributed by atoms with van der Waals surface area (Å²) in [4.78, 5) is 12.1. The summed E-state index contributed by atoms with van der Waals surface area (Å²) >= 11 is 0. The molecule has 7 atom stereocenters. The van der Waals surface area contributed by atoms with Crippen LogP contribution >= 0.6 is 0 Å². The predicted octanol–water partition coefficient (Wildman–Crippen LogP) is 5.27. The molecule has 1 N–H and O–H groups in total. The van der Waals surface area contributed by atoms with E-state index in [0.29, 0.717) is 11.8 Å². The van der Waals surface area contributed by atoms with Crippen molar-refractivity contribution in [2.75, 3.05) is 0 Å². The number of oxime groups is 1. The molecule has 0 bridgehead atoms. The summed E-state index contributed by atoms with van der Waals surface area (Å²) < 4.78 is 6.09. The average molecular weight is 396 g/mol. The summed E-state index contributed by atoms with van der Waals surface area (Å²) in [5.74, 6) is 4.42. The van der Waals surface area contributed by atoms with E-state index in [2.05, 4.69) is 24.2 Å². The van der Waals surface area contributed by atoms with Gasteiger partial charge in [0.1, 0.15) is 5.60 Å². The zero-order chi connectivity index (χ0) is 19.8. The zero-order valence-electron chi connectivity index (χ0n) is 17.5. The van der Waals surface area contributed by atoms with Gasteiger partial charge in [-0.25, -0.2) is 4.79 Å². The Kier molecular flexibility index (Phi) is 3.90. The molecule has 5 aliphatic carbocycles. The Balaban J connectivity index is 1.40. The second-order valence-electron chi connectivity index (χ2n) is 10.7. The van der Waals surface area contributed by atoms with Gasteiger partial charge in [0.05, 0.1) is 5.71 Å². The molecule has 156 valence electrons. The molecule has 0 amide bonds. The van der Waals surface area contributed by atoms with Gasteiger partial charge < -0.3 is 9.94 Å². The van der Waals surface area contributed by atoms with Gasteiger partial charge >= 0.3 is 5.97 Å². The molecular formula is C25H33NO3. The lowest BCUT2D eigenvalue weighted by Crippen LogP contribution is -2.55. The molecule has 4 nitrogen and oxygen atoms in total. The number of hydrogen-bond donors (Lipinski definition) is 1. The van der Waals surface area contributed by atoms with E-state index in [1.807, 2.05) is 0 Å². The van der Waals surface area contributed by atoms with E-state index in [-0.39, 0.29) is 17.0 Å². The van der Waals surface area contributed by atoms with E-state index in [1.165, 1.54) is 38.5 Å². The summed E-state index contributed by atoms with van der Waals surface area (Å²) in [5.41, 5.74) is 2.26. The van der Waals surface area contributed by atoms with E-state index in [0.717, 1.165) is 55.1 Å². The zero-order valence-corrected chi connectivity index (χ0v) is 17.5. The van der Waals surface area contributed by atoms with Crippen molar-refractivity contribution in [2.45, 2.75) is 76.7 Å². The first kappa shape index (κ1) is 18.2. The normalized spacial score (nSPS) is 49.6. The van der Waals surface area contributed by atoms with Crippen LogP contribution in [0.4, 0.5) is 0 Å². The van der Waals surface area contributed by atoms with Gasteiger partial charge in [0.2, 0.25) is 0 Å². The molecule has 4 fully saturated rings. The van der Waals surface area contributed by atoms with Gasteiger partial charge in [-0.2, -0.15) is 0 Å². The van der Waals surface area contributed by atoms with Crippen molar-refractivity contribution in [3.8, 4) is 0 Å². The number of carbonyl (C=O) groups excluding carboxylic acids is 1. The molecule has 0 aromatic heterocycles. The Morgan fingerprint density at radius 1 is 1.17 bits per heavy atom. The lowest BCUT2D eigenvalue weighted by atomic mass is 9.46. The molecule has 0 radical (unpaired) electrons. The van der Waals surface area contributed by atoms with E-state index < -0.39 is 0 Å². The van der Waals surface area contributed by atoms with Crippen LogP contribution in [0.5, 0.6) is 0 Å². The van der Waals surface area contributed by atoms with Crippen LogP contribution in [-0.4, -0.2) is 22.5 Å². The average Bonchev–Trinajstić information content (AvgIpc) is 3.45.